The number of nitrogens with two attached hydrogens (primary N) is 1. The first kappa shape index (κ1) is 19.1. The zero-order chi connectivity index (χ0) is 21.4. The molecule has 3 aromatic rings. The van der Waals surface area contributed by atoms with E-state index < -0.39 is 23.8 Å². The number of carbonyl (C=O) groups is 4. The van der Waals surface area contributed by atoms with Gasteiger partial charge < -0.3 is 10.3 Å². The molecule has 0 unspecified atom stereocenters. The van der Waals surface area contributed by atoms with Gasteiger partial charge in [-0.05, 0) is 31.2 Å². The van der Waals surface area contributed by atoms with Crippen LogP contribution in [0.15, 0.2) is 60.3 Å². The van der Waals surface area contributed by atoms with Gasteiger partial charge in [0.15, 0.2) is 0 Å². The average molecular weight is 402 g/mol. The number of anilines is 1. The third-order valence-corrected chi connectivity index (χ3v) is 4.84. The molecule has 4 rings (SSSR count). The number of primary amides is 1. The molecular formula is C22H18N4O4. The molecular weight excluding hydrogens is 384 g/mol. The normalized spacial score (nSPS) is 15.7. The predicted octanol–water partition coefficient (Wildman–Crippen LogP) is 2.10. The van der Waals surface area contributed by atoms with E-state index >= 15 is 0 Å². The van der Waals surface area contributed by atoms with Gasteiger partial charge in [-0.25, -0.2) is 9.69 Å². The lowest BCUT2D eigenvalue weighted by molar-refractivity contribution is -0.122. The van der Waals surface area contributed by atoms with Crippen molar-refractivity contribution in [1.29, 1.82) is 0 Å². The lowest BCUT2D eigenvalue weighted by Crippen LogP contribution is -2.54. The van der Waals surface area contributed by atoms with E-state index in [1.165, 1.54) is 6.08 Å². The molecule has 0 radical (unpaired) electrons. The van der Waals surface area contributed by atoms with E-state index in [4.69, 9.17) is 5.73 Å². The minimum Gasteiger partial charge on any atom is -0.368 e. The number of rotatable bonds is 4. The fraction of sp³-hybridized carbons (Fsp3) is 0.0909. The van der Waals surface area contributed by atoms with E-state index in [-0.39, 0.29) is 12.1 Å². The Morgan fingerprint density at radius 3 is 2.47 bits per heavy atom. The molecule has 1 saturated heterocycles. The van der Waals surface area contributed by atoms with Crippen molar-refractivity contribution in [2.45, 2.75) is 13.5 Å². The molecule has 0 bridgehead atoms. The number of nitrogens with one attached hydrogen (secondary N) is 1. The Bertz CT molecular complexity index is 1240. The smallest absolute Gasteiger partial charge is 0.335 e. The second kappa shape index (κ2) is 7.32. The first-order valence-electron chi connectivity index (χ1n) is 9.19. The van der Waals surface area contributed by atoms with Crippen molar-refractivity contribution in [2.24, 2.45) is 5.73 Å². The Balaban J connectivity index is 1.80. The minimum atomic E-state index is -0.804. The van der Waals surface area contributed by atoms with Crippen LogP contribution < -0.4 is 16.0 Å². The highest BCUT2D eigenvalue weighted by atomic mass is 16.2. The minimum absolute atomic E-state index is 0.0438. The summed E-state index contributed by atoms with van der Waals surface area (Å²) < 4.78 is 1.65. The number of fused-ring (bicyclic) bond motifs is 1. The molecule has 2 heterocycles. The third-order valence-electron chi connectivity index (χ3n) is 4.84. The van der Waals surface area contributed by atoms with Crippen LogP contribution in [0.25, 0.3) is 17.0 Å². The highest BCUT2D eigenvalue weighted by Gasteiger charge is 2.36. The monoisotopic (exact) mass is 402 g/mol. The molecule has 0 spiro atoms. The summed E-state index contributed by atoms with van der Waals surface area (Å²) in [6, 6.07) is 13.3. The maximum absolute atomic E-state index is 13.1. The summed E-state index contributed by atoms with van der Waals surface area (Å²) in [6.45, 7) is 1.84. The number of carbonyl (C=O) groups excluding carboxylic acids is 4. The zero-order valence-electron chi connectivity index (χ0n) is 16.1. The van der Waals surface area contributed by atoms with Crippen LogP contribution in [0.4, 0.5) is 10.5 Å². The predicted molar refractivity (Wildman–Crippen MR) is 111 cm³/mol. The van der Waals surface area contributed by atoms with E-state index in [2.05, 4.69) is 5.32 Å². The van der Waals surface area contributed by atoms with E-state index in [9.17, 15) is 19.2 Å². The van der Waals surface area contributed by atoms with Crippen molar-refractivity contribution in [3.05, 3.63) is 71.4 Å². The number of aromatic nitrogens is 1. The van der Waals surface area contributed by atoms with E-state index in [1.807, 2.05) is 31.2 Å². The maximum Gasteiger partial charge on any atom is 0.335 e. The number of urea groups is 1. The fourth-order valence-corrected chi connectivity index (χ4v) is 3.43. The summed E-state index contributed by atoms with van der Waals surface area (Å²) in [7, 11) is 0. The second-order valence-corrected chi connectivity index (χ2v) is 6.99. The molecule has 1 aromatic heterocycles. The van der Waals surface area contributed by atoms with Crippen LogP contribution in [0.1, 0.15) is 11.1 Å². The Morgan fingerprint density at radius 2 is 1.77 bits per heavy atom. The van der Waals surface area contributed by atoms with Crippen LogP contribution in [-0.2, 0) is 20.9 Å². The third kappa shape index (κ3) is 3.35. The number of hydrogen-bond acceptors (Lipinski definition) is 4. The molecule has 2 aromatic carbocycles. The van der Waals surface area contributed by atoms with Gasteiger partial charge in [-0.2, -0.15) is 0 Å². The van der Waals surface area contributed by atoms with Gasteiger partial charge in [0.2, 0.25) is 5.91 Å². The molecule has 8 nitrogen and oxygen atoms in total. The zero-order valence-corrected chi connectivity index (χ0v) is 16.1. The molecule has 3 N–H and O–H groups in total. The highest BCUT2D eigenvalue weighted by molar-refractivity contribution is 6.39. The number of para-hydroxylation sites is 1. The number of aryl methyl sites for hydroxylation is 1. The van der Waals surface area contributed by atoms with Crippen molar-refractivity contribution < 1.29 is 19.2 Å². The Hall–Kier alpha value is -4.20. The quantitative estimate of drug-likeness (QED) is 0.514. The van der Waals surface area contributed by atoms with Gasteiger partial charge in [0.1, 0.15) is 12.1 Å². The summed E-state index contributed by atoms with van der Waals surface area (Å²) in [6.07, 6.45) is 3.07. The van der Waals surface area contributed by atoms with Crippen molar-refractivity contribution in [1.82, 2.24) is 9.88 Å². The summed E-state index contributed by atoms with van der Waals surface area (Å²) in [5, 5.41) is 2.95. The van der Waals surface area contributed by atoms with Gasteiger partial charge in [-0.3, -0.25) is 19.7 Å². The SMILES string of the molecule is Cc1ccc(N2C(=O)NC(=O)C(=Cc3cn(CC(N)=O)c4ccccc34)C2=O)cc1. The molecule has 0 saturated carbocycles. The number of hydrogen-bond donors (Lipinski definition) is 2. The number of imide groups is 2. The first-order chi connectivity index (χ1) is 14.3. The highest BCUT2D eigenvalue weighted by Crippen LogP contribution is 2.26. The largest absolute Gasteiger partial charge is 0.368 e. The molecule has 1 aliphatic heterocycles. The molecule has 150 valence electrons. The van der Waals surface area contributed by atoms with Crippen molar-refractivity contribution >= 4 is 46.4 Å². The van der Waals surface area contributed by atoms with E-state index in [0.29, 0.717) is 11.3 Å². The van der Waals surface area contributed by atoms with Gasteiger partial charge in [0.25, 0.3) is 11.8 Å². The van der Waals surface area contributed by atoms with Crippen LogP contribution in [0.3, 0.4) is 0 Å². The number of nitrogens with zero attached hydrogens (tertiary/aromatic N) is 2. The molecule has 0 atom stereocenters. The van der Waals surface area contributed by atoms with Crippen LogP contribution in [0.2, 0.25) is 0 Å². The molecule has 5 amide bonds. The van der Waals surface area contributed by atoms with Crippen LogP contribution in [-0.4, -0.2) is 28.3 Å². The first-order valence-corrected chi connectivity index (χ1v) is 9.19. The molecule has 1 aliphatic rings. The van der Waals surface area contributed by atoms with Gasteiger partial charge in [-0.15, -0.1) is 0 Å². The number of benzene rings is 2. The Morgan fingerprint density at radius 1 is 1.07 bits per heavy atom. The second-order valence-electron chi connectivity index (χ2n) is 6.99. The molecule has 0 aliphatic carbocycles. The topological polar surface area (TPSA) is 114 Å². The molecule has 30 heavy (non-hydrogen) atoms. The van der Waals surface area contributed by atoms with Gasteiger partial charge >= 0.3 is 6.03 Å². The summed E-state index contributed by atoms with van der Waals surface area (Å²) in [5.74, 6) is -2.02. The molecule has 8 heteroatoms. The average Bonchev–Trinajstić information content (AvgIpc) is 3.03. The molecule has 1 fully saturated rings. The summed E-state index contributed by atoms with van der Waals surface area (Å²) >= 11 is 0. The summed E-state index contributed by atoms with van der Waals surface area (Å²) in [5.41, 5.74) is 7.76. The van der Waals surface area contributed by atoms with Crippen molar-refractivity contribution in [2.75, 3.05) is 4.90 Å². The standard InChI is InChI=1S/C22H18N4O4/c1-13-6-8-15(9-7-13)26-21(29)17(20(28)24-22(26)30)10-14-11-25(12-19(23)27)18-5-3-2-4-16(14)18/h2-11H,12H2,1H3,(H2,23,27)(H,24,28,30). The lowest BCUT2D eigenvalue weighted by atomic mass is 10.1. The van der Waals surface area contributed by atoms with Gasteiger partial charge in [0, 0.05) is 22.7 Å². The van der Waals surface area contributed by atoms with E-state index in [1.54, 1.807) is 35.0 Å². The Kier molecular flexibility index (Phi) is 4.67. The van der Waals surface area contributed by atoms with Crippen molar-refractivity contribution in [3.8, 4) is 0 Å². The summed E-state index contributed by atoms with van der Waals surface area (Å²) in [4.78, 5) is 50.1. The number of amides is 5. The lowest BCUT2D eigenvalue weighted by Gasteiger charge is -2.26. The van der Waals surface area contributed by atoms with Crippen LogP contribution >= 0.6 is 0 Å². The van der Waals surface area contributed by atoms with Crippen LogP contribution in [0, 0.1) is 6.92 Å². The fourth-order valence-electron chi connectivity index (χ4n) is 3.43. The van der Waals surface area contributed by atoms with Crippen molar-refractivity contribution in [3.63, 3.8) is 0 Å². The number of barbiturate groups is 1. The van der Waals surface area contributed by atoms with Gasteiger partial charge in [0.05, 0.1) is 5.69 Å². The van der Waals surface area contributed by atoms with E-state index in [0.717, 1.165) is 21.4 Å². The van der Waals surface area contributed by atoms with Crippen LogP contribution in [0.5, 0.6) is 0 Å². The maximum atomic E-state index is 13.1. The Labute approximate surface area is 171 Å². The van der Waals surface area contributed by atoms with Gasteiger partial charge in [-0.1, -0.05) is 35.9 Å².